The van der Waals surface area contributed by atoms with Gasteiger partial charge >= 0.3 is 5.97 Å². The van der Waals surface area contributed by atoms with E-state index in [4.69, 9.17) is 4.74 Å². The summed E-state index contributed by atoms with van der Waals surface area (Å²) in [5.41, 5.74) is 6.03. The van der Waals surface area contributed by atoms with Gasteiger partial charge in [-0.15, -0.1) is 0 Å². The molecule has 1 aliphatic rings. The number of allylic oxidation sites excluding steroid dienone is 2. The van der Waals surface area contributed by atoms with Crippen LogP contribution in [0.4, 0.5) is 5.69 Å². The maximum Gasteiger partial charge on any atom is 0.306 e. The zero-order valence-electron chi connectivity index (χ0n) is 15.9. The van der Waals surface area contributed by atoms with Crippen molar-refractivity contribution in [2.45, 2.75) is 33.1 Å². The zero-order valence-corrected chi connectivity index (χ0v) is 15.9. The number of anilines is 1. The molecule has 0 radical (unpaired) electrons. The van der Waals surface area contributed by atoms with Gasteiger partial charge in [0, 0.05) is 24.3 Å². The Balaban J connectivity index is 1.71. The van der Waals surface area contributed by atoms with Crippen molar-refractivity contribution >= 4 is 23.5 Å². The van der Waals surface area contributed by atoms with Gasteiger partial charge in [-0.05, 0) is 56.9 Å². The Hall–Kier alpha value is -2.83. The Kier molecular flexibility index (Phi) is 7.85. The largest absolute Gasteiger partial charge is 0.455 e. The van der Waals surface area contributed by atoms with Crippen molar-refractivity contribution in [2.75, 3.05) is 24.6 Å². The highest BCUT2D eigenvalue weighted by Gasteiger charge is 2.16. The van der Waals surface area contributed by atoms with Crippen molar-refractivity contribution in [3.63, 3.8) is 0 Å². The van der Waals surface area contributed by atoms with Gasteiger partial charge in [-0.2, -0.15) is 0 Å². The van der Waals surface area contributed by atoms with Gasteiger partial charge in [-0.25, -0.2) is 0 Å². The minimum Gasteiger partial charge on any atom is -0.455 e. The van der Waals surface area contributed by atoms with E-state index < -0.39 is 24.4 Å². The first-order valence-electron chi connectivity index (χ1n) is 9.30. The van der Waals surface area contributed by atoms with Crippen molar-refractivity contribution in [2.24, 2.45) is 5.92 Å². The van der Waals surface area contributed by atoms with Crippen LogP contribution in [0.15, 0.2) is 36.4 Å². The van der Waals surface area contributed by atoms with E-state index >= 15 is 0 Å². The number of nitrogens with one attached hydrogen (secondary N) is 2. The summed E-state index contributed by atoms with van der Waals surface area (Å²) in [5, 5.41) is 0. The van der Waals surface area contributed by atoms with E-state index in [0.717, 1.165) is 31.6 Å². The molecule has 1 aromatic carbocycles. The van der Waals surface area contributed by atoms with Crippen molar-refractivity contribution in [3.05, 3.63) is 42.0 Å². The summed E-state index contributed by atoms with van der Waals surface area (Å²) in [6.07, 6.45) is 6.21. The van der Waals surface area contributed by atoms with Crippen molar-refractivity contribution < 1.29 is 19.1 Å². The summed E-state index contributed by atoms with van der Waals surface area (Å²) in [6.45, 7) is 5.48. The molecule has 0 unspecified atom stereocenters. The molecular formula is C20H27N3O4. The van der Waals surface area contributed by atoms with Gasteiger partial charge in [0.15, 0.2) is 6.61 Å². The number of amides is 2. The molecule has 0 saturated carbocycles. The van der Waals surface area contributed by atoms with Crippen LogP contribution in [0.5, 0.6) is 0 Å². The van der Waals surface area contributed by atoms with Gasteiger partial charge in [0.25, 0.3) is 11.8 Å². The quantitative estimate of drug-likeness (QED) is 0.414. The third-order valence-corrected chi connectivity index (χ3v) is 4.48. The van der Waals surface area contributed by atoms with E-state index in [1.54, 1.807) is 12.1 Å². The number of hydrazine groups is 1. The van der Waals surface area contributed by atoms with Crippen LogP contribution in [0.25, 0.3) is 0 Å². The summed E-state index contributed by atoms with van der Waals surface area (Å²) in [6, 6.07) is 7.13. The lowest BCUT2D eigenvalue weighted by molar-refractivity contribution is -0.149. The third kappa shape index (κ3) is 6.44. The fourth-order valence-corrected chi connectivity index (χ4v) is 2.93. The summed E-state index contributed by atoms with van der Waals surface area (Å²) in [5.74, 6) is -1.24. The van der Waals surface area contributed by atoms with Crippen molar-refractivity contribution in [1.82, 2.24) is 10.9 Å². The van der Waals surface area contributed by atoms with Crippen LogP contribution in [0.2, 0.25) is 0 Å². The molecule has 7 heteroatoms. The lowest BCUT2D eigenvalue weighted by atomic mass is 10.1. The molecule has 0 bridgehead atoms. The molecule has 2 N–H and O–H groups in total. The average Bonchev–Trinajstić information content (AvgIpc) is 3.19. The second kappa shape index (κ2) is 10.4. The maximum atomic E-state index is 12.1. The predicted octanol–water partition coefficient (Wildman–Crippen LogP) is 2.19. The molecule has 146 valence electrons. The van der Waals surface area contributed by atoms with Crippen LogP contribution in [0, 0.1) is 5.92 Å². The topological polar surface area (TPSA) is 87.7 Å². The Morgan fingerprint density at radius 2 is 1.81 bits per heavy atom. The Morgan fingerprint density at radius 1 is 1.11 bits per heavy atom. The molecule has 0 spiro atoms. The van der Waals surface area contributed by atoms with Gasteiger partial charge < -0.3 is 9.64 Å². The number of nitrogens with zero attached hydrogens (tertiary/aromatic N) is 1. The summed E-state index contributed by atoms with van der Waals surface area (Å²) in [7, 11) is 0. The highest BCUT2D eigenvalue weighted by molar-refractivity contribution is 5.95. The second-order valence-corrected chi connectivity index (χ2v) is 6.35. The zero-order chi connectivity index (χ0) is 19.6. The molecule has 1 atom stereocenters. The summed E-state index contributed by atoms with van der Waals surface area (Å²) < 4.78 is 4.93. The molecule has 0 aliphatic heterocycles. The molecule has 2 rings (SSSR count). The minimum absolute atomic E-state index is 0.194. The van der Waals surface area contributed by atoms with Crippen LogP contribution < -0.4 is 15.8 Å². The van der Waals surface area contributed by atoms with Gasteiger partial charge in [0.05, 0.1) is 6.42 Å². The highest BCUT2D eigenvalue weighted by Crippen LogP contribution is 2.20. The standard InChI is InChI=1S/C20H27N3O4/c1-3-23(4-2)17-11-9-16(10-12-17)20(26)22-21-18(24)14-27-19(25)13-15-7-5-6-8-15/h5,7,9-12,15H,3-4,6,8,13-14H2,1-2H3,(H,21,24)(H,22,26)/t15-/m0/s1. The highest BCUT2D eigenvalue weighted by atomic mass is 16.5. The van der Waals surface area contributed by atoms with Crippen molar-refractivity contribution in [1.29, 1.82) is 0 Å². The van der Waals surface area contributed by atoms with E-state index in [0.29, 0.717) is 5.56 Å². The molecule has 0 fully saturated rings. The van der Waals surface area contributed by atoms with Gasteiger partial charge in [0.2, 0.25) is 0 Å². The van der Waals surface area contributed by atoms with Crippen LogP contribution >= 0.6 is 0 Å². The van der Waals surface area contributed by atoms with Crippen molar-refractivity contribution in [3.8, 4) is 0 Å². The molecule has 0 heterocycles. The van der Waals surface area contributed by atoms with E-state index in [1.807, 2.05) is 24.3 Å². The van der Waals surface area contributed by atoms with Gasteiger partial charge in [-0.3, -0.25) is 25.2 Å². The molecule has 0 saturated heterocycles. The van der Waals surface area contributed by atoms with E-state index in [2.05, 4.69) is 29.6 Å². The predicted molar refractivity (Wildman–Crippen MR) is 103 cm³/mol. The fourth-order valence-electron chi connectivity index (χ4n) is 2.93. The second-order valence-electron chi connectivity index (χ2n) is 6.35. The lowest BCUT2D eigenvalue weighted by Crippen LogP contribution is -2.43. The third-order valence-electron chi connectivity index (χ3n) is 4.48. The number of hydrogen-bond acceptors (Lipinski definition) is 5. The number of carbonyl (C=O) groups excluding carboxylic acids is 3. The van der Waals surface area contributed by atoms with Crippen LogP contribution in [0.3, 0.4) is 0 Å². The lowest BCUT2D eigenvalue weighted by Gasteiger charge is -2.21. The molecule has 1 aromatic rings. The molecular weight excluding hydrogens is 346 g/mol. The minimum atomic E-state index is -0.585. The summed E-state index contributed by atoms with van der Waals surface area (Å²) >= 11 is 0. The maximum absolute atomic E-state index is 12.1. The molecule has 0 aromatic heterocycles. The Bertz CT molecular complexity index is 681. The number of rotatable bonds is 8. The van der Waals surface area contributed by atoms with Crippen LogP contribution in [-0.2, 0) is 14.3 Å². The fraction of sp³-hybridized carbons (Fsp3) is 0.450. The smallest absolute Gasteiger partial charge is 0.306 e. The molecule has 2 amide bonds. The Morgan fingerprint density at radius 3 is 2.41 bits per heavy atom. The number of ether oxygens (including phenoxy) is 1. The number of carbonyl (C=O) groups is 3. The monoisotopic (exact) mass is 373 g/mol. The SMILES string of the molecule is CCN(CC)c1ccc(C(=O)NNC(=O)COC(=O)C[C@H]2C=CCC2)cc1. The number of hydrogen-bond donors (Lipinski definition) is 2. The molecule has 27 heavy (non-hydrogen) atoms. The Labute approximate surface area is 159 Å². The molecule has 7 nitrogen and oxygen atoms in total. The first-order valence-corrected chi connectivity index (χ1v) is 9.30. The molecule has 1 aliphatic carbocycles. The number of esters is 1. The van der Waals surface area contributed by atoms with E-state index in [-0.39, 0.29) is 12.3 Å². The van der Waals surface area contributed by atoms with Crippen LogP contribution in [0.1, 0.15) is 43.5 Å². The van der Waals surface area contributed by atoms with E-state index in [1.165, 1.54) is 0 Å². The first-order chi connectivity index (χ1) is 13.0. The number of benzene rings is 1. The first kappa shape index (κ1) is 20.5. The van der Waals surface area contributed by atoms with E-state index in [9.17, 15) is 14.4 Å². The summed E-state index contributed by atoms with van der Waals surface area (Å²) in [4.78, 5) is 37.6. The van der Waals surface area contributed by atoms with Crippen LogP contribution in [-0.4, -0.2) is 37.5 Å². The average molecular weight is 373 g/mol. The normalized spacial score (nSPS) is 15.3. The van der Waals surface area contributed by atoms with Gasteiger partial charge in [0.1, 0.15) is 0 Å². The van der Waals surface area contributed by atoms with Gasteiger partial charge in [-0.1, -0.05) is 12.2 Å².